The van der Waals surface area contributed by atoms with Gasteiger partial charge in [-0.15, -0.1) is 0 Å². The third-order valence-corrected chi connectivity index (χ3v) is 6.24. The van der Waals surface area contributed by atoms with E-state index < -0.39 is 0 Å². The smallest absolute Gasteiger partial charge is 0.143 e. The van der Waals surface area contributed by atoms with Crippen molar-refractivity contribution in [1.82, 2.24) is 5.32 Å². The molecule has 2 aromatic carbocycles. The first-order valence-electron chi connectivity index (χ1n) is 8.96. The zero-order chi connectivity index (χ0) is 17.0. The van der Waals surface area contributed by atoms with E-state index in [1.165, 1.54) is 17.7 Å². The summed E-state index contributed by atoms with van der Waals surface area (Å²) in [5.74, 6) is 1.51. The van der Waals surface area contributed by atoms with Gasteiger partial charge in [-0.1, -0.05) is 23.2 Å². The lowest BCUT2D eigenvalue weighted by Crippen LogP contribution is -2.44. The van der Waals surface area contributed by atoms with Crippen molar-refractivity contribution >= 4 is 28.9 Å². The molecule has 1 saturated heterocycles. The lowest BCUT2D eigenvalue weighted by atomic mass is 9.88. The van der Waals surface area contributed by atoms with E-state index in [1.807, 2.05) is 18.2 Å². The number of nitrogens with one attached hydrogen (secondary N) is 1. The van der Waals surface area contributed by atoms with E-state index in [0.717, 1.165) is 54.6 Å². The molecule has 25 heavy (non-hydrogen) atoms. The predicted octanol–water partition coefficient (Wildman–Crippen LogP) is 4.71. The van der Waals surface area contributed by atoms with Crippen LogP contribution in [0.15, 0.2) is 30.3 Å². The summed E-state index contributed by atoms with van der Waals surface area (Å²) in [4.78, 5) is 2.59. The Morgan fingerprint density at radius 1 is 1.16 bits per heavy atom. The Bertz CT molecular complexity index is 839. The number of anilines is 1. The Labute approximate surface area is 157 Å². The van der Waals surface area contributed by atoms with Crippen LogP contribution in [0.3, 0.4) is 0 Å². The highest BCUT2D eigenvalue weighted by Gasteiger charge is 2.42. The molecule has 1 fully saturated rings. The highest BCUT2D eigenvalue weighted by molar-refractivity contribution is 6.35. The van der Waals surface area contributed by atoms with Crippen LogP contribution in [0.4, 0.5) is 5.69 Å². The molecule has 0 aromatic heterocycles. The molecule has 3 aliphatic heterocycles. The number of hydrogen-bond donors (Lipinski definition) is 1. The molecule has 2 atom stereocenters. The minimum Gasteiger partial charge on any atom is -0.491 e. The van der Waals surface area contributed by atoms with Gasteiger partial charge >= 0.3 is 0 Å². The van der Waals surface area contributed by atoms with Crippen molar-refractivity contribution in [2.24, 2.45) is 0 Å². The predicted molar refractivity (Wildman–Crippen MR) is 103 cm³/mol. The third kappa shape index (κ3) is 2.52. The van der Waals surface area contributed by atoms with Crippen LogP contribution in [-0.4, -0.2) is 32.3 Å². The van der Waals surface area contributed by atoms with Crippen LogP contribution in [0.2, 0.25) is 10.0 Å². The number of ether oxygens (including phenoxy) is 1. The molecule has 0 saturated carbocycles. The van der Waals surface area contributed by atoms with Crippen LogP contribution in [0.1, 0.15) is 24.3 Å². The SMILES string of the molecule is Clc1ccc(Cl)c(-c2cc3c4c(c2)[C@@H]2CNCC[C@@H]2N4CCCO3)c1. The van der Waals surface area contributed by atoms with Gasteiger partial charge in [0.05, 0.1) is 12.3 Å². The maximum absolute atomic E-state index is 6.47. The minimum absolute atomic E-state index is 0.516. The van der Waals surface area contributed by atoms with Crippen LogP contribution >= 0.6 is 23.2 Å². The molecule has 0 spiro atoms. The standard InChI is InChI=1S/C20H20Cl2N2O/c21-13-2-3-17(22)14(10-13)12-8-15-16-11-23-5-4-18(16)24-6-1-7-25-19(9-12)20(15)24/h2-3,8-10,16,18,23H,1,4-7,11H2/t16-,18-/m0/s1. The molecule has 3 aliphatic rings. The lowest BCUT2D eigenvalue weighted by Gasteiger charge is -2.33. The van der Waals surface area contributed by atoms with Crippen LogP contribution in [0.5, 0.6) is 5.75 Å². The molecule has 0 radical (unpaired) electrons. The molecule has 0 aliphatic carbocycles. The molecule has 0 unspecified atom stereocenters. The Morgan fingerprint density at radius 3 is 3.00 bits per heavy atom. The first kappa shape index (κ1) is 15.8. The summed E-state index contributed by atoms with van der Waals surface area (Å²) < 4.78 is 6.14. The van der Waals surface area contributed by atoms with Crippen LogP contribution < -0.4 is 15.0 Å². The molecule has 3 heterocycles. The second-order valence-electron chi connectivity index (χ2n) is 7.10. The number of halogens is 2. The van der Waals surface area contributed by atoms with Gasteiger partial charge in [0.25, 0.3) is 0 Å². The van der Waals surface area contributed by atoms with E-state index in [0.29, 0.717) is 17.0 Å². The second-order valence-corrected chi connectivity index (χ2v) is 7.94. The monoisotopic (exact) mass is 374 g/mol. The second kappa shape index (κ2) is 6.08. The summed E-state index contributed by atoms with van der Waals surface area (Å²) in [7, 11) is 0. The lowest BCUT2D eigenvalue weighted by molar-refractivity contribution is 0.319. The van der Waals surface area contributed by atoms with Gasteiger partial charge in [-0.05, 0) is 60.8 Å². The number of hydrogen-bond acceptors (Lipinski definition) is 3. The highest BCUT2D eigenvalue weighted by atomic mass is 35.5. The van der Waals surface area contributed by atoms with Crippen molar-refractivity contribution in [2.75, 3.05) is 31.1 Å². The Kier molecular flexibility index (Phi) is 3.85. The third-order valence-electron chi connectivity index (χ3n) is 5.68. The molecule has 3 nitrogen and oxygen atoms in total. The van der Waals surface area contributed by atoms with E-state index in [1.54, 1.807) is 0 Å². The molecule has 1 N–H and O–H groups in total. The van der Waals surface area contributed by atoms with Crippen molar-refractivity contribution in [3.63, 3.8) is 0 Å². The summed E-state index contributed by atoms with van der Waals surface area (Å²) in [5.41, 5.74) is 4.76. The van der Waals surface area contributed by atoms with E-state index in [9.17, 15) is 0 Å². The molecule has 0 amide bonds. The number of nitrogens with zero attached hydrogens (tertiary/aromatic N) is 1. The van der Waals surface area contributed by atoms with Gasteiger partial charge in [0, 0.05) is 40.7 Å². The number of piperidine rings is 1. The maximum atomic E-state index is 6.47. The van der Waals surface area contributed by atoms with Crippen LogP contribution in [0.25, 0.3) is 11.1 Å². The molecule has 2 aromatic rings. The van der Waals surface area contributed by atoms with Crippen molar-refractivity contribution in [3.05, 3.63) is 45.9 Å². The number of fused-ring (bicyclic) bond motifs is 3. The molecule has 5 rings (SSSR count). The fourth-order valence-electron chi connectivity index (χ4n) is 4.60. The van der Waals surface area contributed by atoms with E-state index in [-0.39, 0.29) is 0 Å². The zero-order valence-corrected chi connectivity index (χ0v) is 15.4. The number of benzene rings is 2. The average molecular weight is 375 g/mol. The zero-order valence-electron chi connectivity index (χ0n) is 13.9. The number of rotatable bonds is 1. The van der Waals surface area contributed by atoms with Gasteiger partial charge in [-0.2, -0.15) is 0 Å². The van der Waals surface area contributed by atoms with E-state index in [4.69, 9.17) is 27.9 Å². The summed E-state index contributed by atoms with van der Waals surface area (Å²) in [5, 5.41) is 4.98. The van der Waals surface area contributed by atoms with E-state index in [2.05, 4.69) is 22.3 Å². The quantitative estimate of drug-likeness (QED) is 0.782. The van der Waals surface area contributed by atoms with Gasteiger partial charge in [0.15, 0.2) is 0 Å². The highest BCUT2D eigenvalue weighted by Crippen LogP contribution is 2.51. The van der Waals surface area contributed by atoms with Gasteiger partial charge < -0.3 is 15.0 Å². The normalized spacial score (nSPS) is 24.3. The fourth-order valence-corrected chi connectivity index (χ4v) is 5.00. The summed E-state index contributed by atoms with van der Waals surface area (Å²) in [6, 6.07) is 10.7. The largest absolute Gasteiger partial charge is 0.491 e. The van der Waals surface area contributed by atoms with Crippen LogP contribution in [-0.2, 0) is 0 Å². The van der Waals surface area contributed by atoms with E-state index >= 15 is 0 Å². The van der Waals surface area contributed by atoms with Gasteiger partial charge in [0.2, 0.25) is 0 Å². The minimum atomic E-state index is 0.516. The molecule has 0 bridgehead atoms. The summed E-state index contributed by atoms with van der Waals surface area (Å²) >= 11 is 12.7. The molecule has 5 heteroatoms. The molecular formula is C20H20Cl2N2O. The van der Waals surface area contributed by atoms with Crippen molar-refractivity contribution in [3.8, 4) is 16.9 Å². The summed E-state index contributed by atoms with van der Waals surface area (Å²) in [6.45, 7) is 3.97. The summed E-state index contributed by atoms with van der Waals surface area (Å²) in [6.07, 6.45) is 2.25. The van der Waals surface area contributed by atoms with Gasteiger partial charge in [-0.3, -0.25) is 0 Å². The topological polar surface area (TPSA) is 24.5 Å². The Hall–Kier alpha value is -1.42. The first-order chi connectivity index (χ1) is 12.2. The van der Waals surface area contributed by atoms with Crippen molar-refractivity contribution in [1.29, 1.82) is 0 Å². The molecule has 130 valence electrons. The van der Waals surface area contributed by atoms with Gasteiger partial charge in [0.1, 0.15) is 5.75 Å². The Balaban J connectivity index is 1.70. The van der Waals surface area contributed by atoms with Crippen LogP contribution in [0, 0.1) is 0 Å². The Morgan fingerprint density at radius 2 is 2.08 bits per heavy atom. The molecular weight excluding hydrogens is 355 g/mol. The van der Waals surface area contributed by atoms with Crippen molar-refractivity contribution in [2.45, 2.75) is 24.8 Å². The van der Waals surface area contributed by atoms with Gasteiger partial charge in [-0.25, -0.2) is 0 Å². The maximum Gasteiger partial charge on any atom is 0.143 e. The fraction of sp³-hybridized carbons (Fsp3) is 0.400. The average Bonchev–Trinajstić information content (AvgIpc) is 2.79. The van der Waals surface area contributed by atoms with Crippen molar-refractivity contribution < 1.29 is 4.74 Å². The first-order valence-corrected chi connectivity index (χ1v) is 9.71.